The standard InChI is InChI=1S/C14H14ClN7O2S/c1-6-4-7(2-3-8(6)15)9-5-10(11(23)22(21-9)13(17)24)18-14-20-19-12(16)25-14/h2-4,10H,5H2,1H3,(H2,16,19)(H2,17,24)(H,18,20). The molecule has 0 fully saturated rings. The van der Waals surface area contributed by atoms with Gasteiger partial charge in [-0.25, -0.2) is 4.79 Å². The number of aromatic nitrogens is 2. The van der Waals surface area contributed by atoms with E-state index in [4.69, 9.17) is 23.1 Å². The number of primary amides is 1. The number of carbonyl (C=O) groups is 2. The van der Waals surface area contributed by atoms with E-state index in [2.05, 4.69) is 20.6 Å². The molecule has 1 aliphatic rings. The predicted molar refractivity (Wildman–Crippen MR) is 95.5 cm³/mol. The van der Waals surface area contributed by atoms with E-state index in [-0.39, 0.29) is 11.6 Å². The van der Waals surface area contributed by atoms with Crippen LogP contribution >= 0.6 is 22.9 Å². The summed E-state index contributed by atoms with van der Waals surface area (Å²) in [5.74, 6) is -0.573. The zero-order valence-corrected chi connectivity index (χ0v) is 14.6. The minimum absolute atomic E-state index is 0.239. The highest BCUT2D eigenvalue weighted by Crippen LogP contribution is 2.24. The number of benzene rings is 1. The number of nitrogens with one attached hydrogen (secondary N) is 1. The minimum atomic E-state index is -0.962. The van der Waals surface area contributed by atoms with Gasteiger partial charge in [-0.15, -0.1) is 15.2 Å². The van der Waals surface area contributed by atoms with E-state index in [0.29, 0.717) is 20.9 Å². The SMILES string of the molecule is Cc1cc(C2=NN(C(N)=O)C(=O)C(Nc3nnc(N)s3)C2)ccc1Cl. The molecule has 1 aromatic heterocycles. The van der Waals surface area contributed by atoms with Gasteiger partial charge in [-0.1, -0.05) is 29.0 Å². The highest BCUT2D eigenvalue weighted by Gasteiger charge is 2.34. The first kappa shape index (κ1) is 17.1. The van der Waals surface area contributed by atoms with Crippen LogP contribution in [-0.4, -0.2) is 38.9 Å². The molecule has 3 amide bonds. The Kier molecular flexibility index (Phi) is 4.55. The van der Waals surface area contributed by atoms with E-state index in [1.165, 1.54) is 0 Å². The normalized spacial score (nSPS) is 17.4. The highest BCUT2D eigenvalue weighted by atomic mass is 35.5. The number of aryl methyl sites for hydroxylation is 1. The average molecular weight is 380 g/mol. The molecule has 11 heteroatoms. The minimum Gasteiger partial charge on any atom is -0.374 e. The monoisotopic (exact) mass is 379 g/mol. The molecular formula is C14H14ClN7O2S. The Hall–Kier alpha value is -2.72. The first-order valence-corrected chi connectivity index (χ1v) is 8.37. The zero-order chi connectivity index (χ0) is 18.1. The van der Waals surface area contributed by atoms with Crippen LogP contribution in [0.15, 0.2) is 23.3 Å². The number of anilines is 2. The molecule has 1 atom stereocenters. The molecule has 0 saturated carbocycles. The van der Waals surface area contributed by atoms with E-state index >= 15 is 0 Å². The number of hydrazone groups is 1. The number of imide groups is 1. The molecular weight excluding hydrogens is 366 g/mol. The number of hydrogen-bond acceptors (Lipinski definition) is 8. The van der Waals surface area contributed by atoms with Crippen LogP contribution in [0.25, 0.3) is 0 Å². The van der Waals surface area contributed by atoms with Crippen molar-refractivity contribution in [2.75, 3.05) is 11.1 Å². The number of halogens is 1. The Bertz CT molecular complexity index is 882. The second-order valence-corrected chi connectivity index (χ2v) is 6.76. The van der Waals surface area contributed by atoms with Gasteiger partial charge in [0.05, 0.1) is 5.71 Å². The van der Waals surface area contributed by atoms with Crippen LogP contribution < -0.4 is 16.8 Å². The van der Waals surface area contributed by atoms with Crippen molar-refractivity contribution in [2.24, 2.45) is 10.8 Å². The Morgan fingerprint density at radius 3 is 2.80 bits per heavy atom. The Balaban J connectivity index is 1.94. The van der Waals surface area contributed by atoms with Crippen LogP contribution in [0, 0.1) is 6.92 Å². The largest absolute Gasteiger partial charge is 0.374 e. The van der Waals surface area contributed by atoms with E-state index in [0.717, 1.165) is 22.5 Å². The van der Waals surface area contributed by atoms with Gasteiger partial charge in [0, 0.05) is 11.4 Å². The van der Waals surface area contributed by atoms with Gasteiger partial charge in [0.2, 0.25) is 10.3 Å². The van der Waals surface area contributed by atoms with Crippen LogP contribution in [0.3, 0.4) is 0 Å². The molecule has 2 aromatic rings. The maximum atomic E-state index is 12.4. The van der Waals surface area contributed by atoms with E-state index < -0.39 is 18.0 Å². The zero-order valence-electron chi connectivity index (χ0n) is 13.1. The fraction of sp³-hybridized carbons (Fsp3) is 0.214. The second kappa shape index (κ2) is 6.65. The summed E-state index contributed by atoms with van der Waals surface area (Å²) in [5.41, 5.74) is 12.9. The number of urea groups is 1. The summed E-state index contributed by atoms with van der Waals surface area (Å²) in [4.78, 5) is 24.0. The molecule has 0 saturated heterocycles. The molecule has 0 bridgehead atoms. The van der Waals surface area contributed by atoms with E-state index in [9.17, 15) is 9.59 Å². The van der Waals surface area contributed by atoms with Gasteiger partial charge in [0.1, 0.15) is 6.04 Å². The van der Waals surface area contributed by atoms with E-state index in [1.807, 2.05) is 13.0 Å². The highest BCUT2D eigenvalue weighted by molar-refractivity contribution is 7.18. The number of nitrogen functional groups attached to an aromatic ring is 1. The summed E-state index contributed by atoms with van der Waals surface area (Å²) in [6, 6.07) is 3.59. The molecule has 5 N–H and O–H groups in total. The first-order valence-electron chi connectivity index (χ1n) is 7.18. The molecule has 0 aliphatic carbocycles. The van der Waals surface area contributed by atoms with Crippen molar-refractivity contribution in [3.63, 3.8) is 0 Å². The second-order valence-electron chi connectivity index (χ2n) is 5.35. The van der Waals surface area contributed by atoms with Crippen LogP contribution in [-0.2, 0) is 4.79 Å². The lowest BCUT2D eigenvalue weighted by Gasteiger charge is -2.27. The Labute approximate surface area is 151 Å². The van der Waals surface area contributed by atoms with E-state index in [1.54, 1.807) is 12.1 Å². The Morgan fingerprint density at radius 2 is 2.20 bits per heavy atom. The van der Waals surface area contributed by atoms with Crippen LogP contribution in [0.4, 0.5) is 15.1 Å². The Morgan fingerprint density at radius 1 is 1.44 bits per heavy atom. The molecule has 2 heterocycles. The summed E-state index contributed by atoms with van der Waals surface area (Å²) in [7, 11) is 0. The number of carbonyl (C=O) groups excluding carboxylic acids is 2. The lowest BCUT2D eigenvalue weighted by atomic mass is 9.99. The molecule has 1 aliphatic heterocycles. The van der Waals surface area contributed by atoms with Crippen molar-refractivity contribution >= 4 is 50.9 Å². The van der Waals surface area contributed by atoms with Crippen molar-refractivity contribution < 1.29 is 9.59 Å². The van der Waals surface area contributed by atoms with Crippen molar-refractivity contribution in [2.45, 2.75) is 19.4 Å². The molecule has 0 spiro atoms. The average Bonchev–Trinajstić information content (AvgIpc) is 2.97. The molecule has 1 unspecified atom stereocenters. The van der Waals surface area contributed by atoms with Crippen molar-refractivity contribution in [3.05, 3.63) is 34.3 Å². The van der Waals surface area contributed by atoms with Gasteiger partial charge >= 0.3 is 6.03 Å². The third-order valence-electron chi connectivity index (χ3n) is 3.56. The summed E-state index contributed by atoms with van der Waals surface area (Å²) < 4.78 is 0. The third kappa shape index (κ3) is 3.54. The topological polar surface area (TPSA) is 140 Å². The fourth-order valence-corrected chi connectivity index (χ4v) is 3.03. The van der Waals surface area contributed by atoms with Gasteiger partial charge in [-0.2, -0.15) is 5.10 Å². The summed E-state index contributed by atoms with van der Waals surface area (Å²) in [5, 5.41) is 16.4. The summed E-state index contributed by atoms with van der Waals surface area (Å²) in [6.45, 7) is 1.85. The number of nitrogens with two attached hydrogens (primary N) is 2. The first-order chi connectivity index (χ1) is 11.8. The smallest absolute Gasteiger partial charge is 0.342 e. The van der Waals surface area contributed by atoms with Crippen molar-refractivity contribution in [1.82, 2.24) is 15.2 Å². The van der Waals surface area contributed by atoms with Gasteiger partial charge in [0.25, 0.3) is 5.91 Å². The van der Waals surface area contributed by atoms with Crippen LogP contribution in [0.1, 0.15) is 17.5 Å². The summed E-state index contributed by atoms with van der Waals surface area (Å²) >= 11 is 7.14. The molecule has 3 rings (SSSR count). The molecule has 0 radical (unpaired) electrons. The van der Waals surface area contributed by atoms with Gasteiger partial charge < -0.3 is 16.8 Å². The quantitative estimate of drug-likeness (QED) is 0.739. The third-order valence-corrected chi connectivity index (χ3v) is 4.67. The van der Waals surface area contributed by atoms with Gasteiger partial charge in [-0.3, -0.25) is 4.79 Å². The lowest BCUT2D eigenvalue weighted by Crippen LogP contribution is -2.50. The van der Waals surface area contributed by atoms with Crippen LogP contribution in [0.2, 0.25) is 5.02 Å². The summed E-state index contributed by atoms with van der Waals surface area (Å²) in [6.07, 6.45) is 0.239. The number of hydrogen-bond donors (Lipinski definition) is 3. The fourth-order valence-electron chi connectivity index (χ4n) is 2.35. The molecule has 25 heavy (non-hydrogen) atoms. The maximum absolute atomic E-state index is 12.4. The van der Waals surface area contributed by atoms with Crippen molar-refractivity contribution in [1.29, 1.82) is 0 Å². The number of nitrogens with zero attached hydrogens (tertiary/aromatic N) is 4. The van der Waals surface area contributed by atoms with Crippen LogP contribution in [0.5, 0.6) is 0 Å². The van der Waals surface area contributed by atoms with Gasteiger partial charge in [0.15, 0.2) is 0 Å². The predicted octanol–water partition coefficient (Wildman–Crippen LogP) is 1.58. The van der Waals surface area contributed by atoms with Crippen molar-refractivity contribution in [3.8, 4) is 0 Å². The molecule has 9 nitrogen and oxygen atoms in total. The lowest BCUT2D eigenvalue weighted by molar-refractivity contribution is -0.129. The number of amides is 3. The maximum Gasteiger partial charge on any atom is 0.342 e. The van der Waals surface area contributed by atoms with Gasteiger partial charge in [-0.05, 0) is 30.2 Å². The molecule has 130 valence electrons. The number of rotatable bonds is 3. The molecule has 1 aromatic carbocycles.